The number of carbonyl (C=O) groups is 2. The van der Waals surface area contributed by atoms with Crippen molar-refractivity contribution in [1.29, 1.82) is 0 Å². The Morgan fingerprint density at radius 1 is 0.667 bits per heavy atom. The minimum atomic E-state index is -0.313. The van der Waals surface area contributed by atoms with Crippen molar-refractivity contribution in [3.63, 3.8) is 0 Å². The lowest BCUT2D eigenvalue weighted by Crippen LogP contribution is -2.06. The Hall–Kier alpha value is -2.94. The second-order valence-electron chi connectivity index (χ2n) is 5.07. The number of fused-ring (bicyclic) bond motifs is 1. The van der Waals surface area contributed by atoms with Crippen LogP contribution in [0.25, 0.3) is 10.8 Å². The van der Waals surface area contributed by atoms with Crippen LogP contribution in [0.15, 0.2) is 54.6 Å². The van der Waals surface area contributed by atoms with Crippen LogP contribution in [-0.2, 0) is 0 Å². The number of phenols is 1. The molecule has 4 rings (SSSR count). The van der Waals surface area contributed by atoms with Crippen LogP contribution in [0.1, 0.15) is 31.8 Å². The third-order valence-electron chi connectivity index (χ3n) is 3.91. The van der Waals surface area contributed by atoms with Crippen LogP contribution in [0.3, 0.4) is 0 Å². The van der Waals surface area contributed by atoms with Crippen LogP contribution in [-0.4, -0.2) is 16.7 Å². The summed E-state index contributed by atoms with van der Waals surface area (Å²) in [6.07, 6.45) is 0. The molecule has 1 N–H and O–H groups in total. The van der Waals surface area contributed by atoms with Gasteiger partial charge in [0.15, 0.2) is 11.6 Å². The summed E-state index contributed by atoms with van der Waals surface area (Å²) in [7, 11) is 0. The summed E-state index contributed by atoms with van der Waals surface area (Å²) >= 11 is 0. The van der Waals surface area contributed by atoms with E-state index in [1.165, 1.54) is 6.07 Å². The molecule has 0 amide bonds. The Morgan fingerprint density at radius 2 is 1.33 bits per heavy atom. The van der Waals surface area contributed by atoms with E-state index in [2.05, 4.69) is 0 Å². The molecule has 0 fully saturated rings. The quantitative estimate of drug-likeness (QED) is 0.535. The van der Waals surface area contributed by atoms with Crippen LogP contribution >= 0.6 is 0 Å². The van der Waals surface area contributed by atoms with Crippen molar-refractivity contribution in [3.05, 3.63) is 76.9 Å². The number of hydrogen-bond donors (Lipinski definition) is 1. The molecule has 0 unspecified atom stereocenters. The smallest absolute Gasteiger partial charge is 0.198 e. The molecule has 1 aliphatic carbocycles. The topological polar surface area (TPSA) is 54.4 Å². The highest BCUT2D eigenvalue weighted by Crippen LogP contribution is 2.36. The highest BCUT2D eigenvalue weighted by atomic mass is 16.3. The lowest BCUT2D eigenvalue weighted by atomic mass is 9.96. The molecule has 0 atom stereocenters. The Labute approximate surface area is 120 Å². The van der Waals surface area contributed by atoms with E-state index in [0.717, 1.165) is 5.39 Å². The zero-order chi connectivity index (χ0) is 14.6. The van der Waals surface area contributed by atoms with Crippen molar-refractivity contribution in [2.75, 3.05) is 0 Å². The van der Waals surface area contributed by atoms with E-state index < -0.39 is 0 Å². The molecule has 3 nitrogen and oxygen atoms in total. The van der Waals surface area contributed by atoms with E-state index in [9.17, 15) is 14.7 Å². The van der Waals surface area contributed by atoms with Gasteiger partial charge in [0.25, 0.3) is 0 Å². The summed E-state index contributed by atoms with van der Waals surface area (Å²) in [6.45, 7) is 0. The Bertz CT molecular complexity index is 938. The van der Waals surface area contributed by atoms with Gasteiger partial charge in [-0.3, -0.25) is 9.59 Å². The van der Waals surface area contributed by atoms with E-state index in [4.69, 9.17) is 0 Å². The first-order valence-corrected chi connectivity index (χ1v) is 6.61. The maximum Gasteiger partial charge on any atom is 0.198 e. The number of carbonyl (C=O) groups excluding carboxylic acids is 2. The Morgan fingerprint density at radius 3 is 2.10 bits per heavy atom. The fraction of sp³-hybridized carbons (Fsp3) is 0. The molecule has 3 heteroatoms. The monoisotopic (exact) mass is 274 g/mol. The predicted octanol–water partition coefficient (Wildman–Crippen LogP) is 3.32. The SMILES string of the molecule is O=C1c2ccccc2C(=O)c2c(O)ccc3cccc1c23. The largest absolute Gasteiger partial charge is 0.507 e. The second kappa shape index (κ2) is 4.03. The Balaban J connectivity index is 2.26. The van der Waals surface area contributed by atoms with Gasteiger partial charge < -0.3 is 5.11 Å². The molecule has 21 heavy (non-hydrogen) atoms. The molecule has 0 saturated heterocycles. The molecule has 0 bridgehead atoms. The van der Waals surface area contributed by atoms with Crippen LogP contribution in [0, 0.1) is 0 Å². The number of benzene rings is 3. The fourth-order valence-corrected chi connectivity index (χ4v) is 2.95. The van der Waals surface area contributed by atoms with Crippen molar-refractivity contribution in [2.24, 2.45) is 0 Å². The standard InChI is InChI=1S/C18H10O3/c19-14-9-8-10-4-3-7-13-15(10)16(14)18(21)12-6-2-1-5-11(12)17(13)20/h1-9,19H. The van der Waals surface area contributed by atoms with Gasteiger partial charge in [-0.15, -0.1) is 0 Å². The first-order valence-electron chi connectivity index (χ1n) is 6.61. The average molecular weight is 274 g/mol. The molecule has 3 aromatic rings. The summed E-state index contributed by atoms with van der Waals surface area (Å²) < 4.78 is 0. The average Bonchev–Trinajstić information content (AvgIpc) is 2.61. The normalized spacial score (nSPS) is 13.1. The van der Waals surface area contributed by atoms with Gasteiger partial charge in [-0.05, 0) is 11.5 Å². The summed E-state index contributed by atoms with van der Waals surface area (Å²) in [5.41, 5.74) is 1.38. The maximum absolute atomic E-state index is 12.8. The first kappa shape index (κ1) is 11.9. The molecule has 3 aromatic carbocycles. The third kappa shape index (κ3) is 1.48. The second-order valence-corrected chi connectivity index (χ2v) is 5.07. The van der Waals surface area contributed by atoms with Gasteiger partial charge in [-0.2, -0.15) is 0 Å². The summed E-state index contributed by atoms with van der Waals surface area (Å²) in [5, 5.41) is 11.4. The molecule has 0 spiro atoms. The van der Waals surface area contributed by atoms with E-state index in [1.54, 1.807) is 42.5 Å². The van der Waals surface area contributed by atoms with Crippen molar-refractivity contribution in [1.82, 2.24) is 0 Å². The van der Waals surface area contributed by atoms with Crippen molar-refractivity contribution < 1.29 is 14.7 Å². The van der Waals surface area contributed by atoms with Crippen LogP contribution in [0.4, 0.5) is 0 Å². The number of rotatable bonds is 0. The number of ketones is 2. The molecule has 1 aliphatic rings. The van der Waals surface area contributed by atoms with E-state index in [1.807, 2.05) is 6.07 Å². The van der Waals surface area contributed by atoms with Crippen LogP contribution in [0.5, 0.6) is 5.75 Å². The molecule has 0 radical (unpaired) electrons. The maximum atomic E-state index is 12.8. The van der Waals surface area contributed by atoms with Gasteiger partial charge in [-0.1, -0.05) is 48.5 Å². The first-order chi connectivity index (χ1) is 10.2. The summed E-state index contributed by atoms with van der Waals surface area (Å²) in [4.78, 5) is 25.5. The molecular weight excluding hydrogens is 264 g/mol. The van der Waals surface area contributed by atoms with E-state index in [0.29, 0.717) is 22.1 Å². The Kier molecular flexibility index (Phi) is 2.27. The van der Waals surface area contributed by atoms with Gasteiger partial charge in [0, 0.05) is 22.1 Å². The van der Waals surface area contributed by atoms with Gasteiger partial charge in [-0.25, -0.2) is 0 Å². The number of aromatic hydroxyl groups is 1. The molecule has 0 heterocycles. The lowest BCUT2D eigenvalue weighted by molar-refractivity contribution is 0.101. The van der Waals surface area contributed by atoms with Gasteiger partial charge in [0.05, 0.1) is 5.56 Å². The van der Waals surface area contributed by atoms with Gasteiger partial charge in [0.2, 0.25) is 0 Å². The van der Waals surface area contributed by atoms with Gasteiger partial charge >= 0.3 is 0 Å². The molecule has 100 valence electrons. The highest BCUT2D eigenvalue weighted by Gasteiger charge is 2.29. The summed E-state index contributed by atoms with van der Waals surface area (Å²) in [5.74, 6) is -0.592. The molecular formula is C18H10O3. The fourth-order valence-electron chi connectivity index (χ4n) is 2.95. The zero-order valence-corrected chi connectivity index (χ0v) is 11.0. The van der Waals surface area contributed by atoms with Crippen molar-refractivity contribution >= 4 is 22.3 Å². The minimum absolute atomic E-state index is 0.0931. The van der Waals surface area contributed by atoms with Crippen molar-refractivity contribution in [2.45, 2.75) is 0 Å². The van der Waals surface area contributed by atoms with E-state index >= 15 is 0 Å². The molecule has 0 aromatic heterocycles. The minimum Gasteiger partial charge on any atom is -0.507 e. The zero-order valence-electron chi connectivity index (χ0n) is 11.0. The predicted molar refractivity (Wildman–Crippen MR) is 78.9 cm³/mol. The third-order valence-corrected chi connectivity index (χ3v) is 3.91. The highest BCUT2D eigenvalue weighted by molar-refractivity contribution is 6.31. The van der Waals surface area contributed by atoms with E-state index in [-0.39, 0.29) is 22.9 Å². The van der Waals surface area contributed by atoms with Crippen molar-refractivity contribution in [3.8, 4) is 5.75 Å². The lowest BCUT2D eigenvalue weighted by Gasteiger charge is -2.08. The van der Waals surface area contributed by atoms with Crippen LogP contribution in [0.2, 0.25) is 0 Å². The van der Waals surface area contributed by atoms with Gasteiger partial charge in [0.1, 0.15) is 5.75 Å². The van der Waals surface area contributed by atoms with Crippen LogP contribution < -0.4 is 0 Å². The number of hydrogen-bond acceptors (Lipinski definition) is 3. The molecule has 0 saturated carbocycles. The number of phenolic OH excluding ortho intramolecular Hbond substituents is 1. The molecule has 0 aliphatic heterocycles. The summed E-state index contributed by atoms with van der Waals surface area (Å²) in [6, 6.07) is 15.3.